The van der Waals surface area contributed by atoms with Crippen molar-refractivity contribution in [2.75, 3.05) is 32.7 Å². The Morgan fingerprint density at radius 1 is 1.14 bits per heavy atom. The summed E-state index contributed by atoms with van der Waals surface area (Å²) in [5.41, 5.74) is 1.05. The quantitative estimate of drug-likeness (QED) is 0.860. The molecule has 2 atom stereocenters. The maximum absolute atomic E-state index is 13.2. The van der Waals surface area contributed by atoms with Gasteiger partial charge in [-0.1, -0.05) is 42.5 Å². The standard InChI is InChI=1S/C22H27N3O2.ClH/c1-16(18-9-8-17-5-2-3-6-19(17)13-18)22(27)24-11-4-7-20(15-24)25-12-10-23-14-21(25)26;/h2-3,5-6,8-9,13,16,20,23H,4,7,10-12,14-15H2,1H3;1H. The largest absolute Gasteiger partial charge is 0.340 e. The molecule has 4 rings (SSSR count). The van der Waals surface area contributed by atoms with Gasteiger partial charge in [-0.2, -0.15) is 0 Å². The maximum Gasteiger partial charge on any atom is 0.236 e. The molecule has 0 spiro atoms. The molecule has 1 N–H and O–H groups in total. The van der Waals surface area contributed by atoms with Crippen molar-refractivity contribution in [2.24, 2.45) is 0 Å². The minimum atomic E-state index is -0.174. The van der Waals surface area contributed by atoms with Gasteiger partial charge in [-0.3, -0.25) is 9.59 Å². The van der Waals surface area contributed by atoms with Crippen LogP contribution in [0, 0.1) is 0 Å². The van der Waals surface area contributed by atoms with Crippen molar-refractivity contribution in [3.8, 4) is 0 Å². The van der Waals surface area contributed by atoms with Gasteiger partial charge in [0.15, 0.2) is 0 Å². The Morgan fingerprint density at radius 2 is 1.93 bits per heavy atom. The lowest BCUT2D eigenvalue weighted by molar-refractivity contribution is -0.141. The number of rotatable bonds is 3. The molecule has 0 aromatic heterocycles. The molecule has 150 valence electrons. The van der Waals surface area contributed by atoms with E-state index >= 15 is 0 Å². The van der Waals surface area contributed by atoms with Crippen molar-refractivity contribution < 1.29 is 9.59 Å². The fraction of sp³-hybridized carbons (Fsp3) is 0.455. The average molecular weight is 402 g/mol. The Hall–Kier alpha value is -2.11. The molecule has 2 unspecified atom stereocenters. The van der Waals surface area contributed by atoms with Crippen LogP contribution in [0.4, 0.5) is 0 Å². The monoisotopic (exact) mass is 401 g/mol. The highest BCUT2D eigenvalue weighted by atomic mass is 35.5. The summed E-state index contributed by atoms with van der Waals surface area (Å²) in [6, 6.07) is 14.7. The number of fused-ring (bicyclic) bond motifs is 1. The van der Waals surface area contributed by atoms with Crippen molar-refractivity contribution in [1.82, 2.24) is 15.1 Å². The summed E-state index contributed by atoms with van der Waals surface area (Å²) in [5, 5.41) is 5.48. The number of carbonyl (C=O) groups is 2. The summed E-state index contributed by atoms with van der Waals surface area (Å²) in [6.45, 7) is 5.43. The topological polar surface area (TPSA) is 52.7 Å². The molecule has 2 saturated heterocycles. The number of nitrogens with zero attached hydrogens (tertiary/aromatic N) is 2. The average Bonchev–Trinajstić information content (AvgIpc) is 2.72. The normalized spacial score (nSPS) is 21.3. The number of hydrogen-bond donors (Lipinski definition) is 1. The summed E-state index contributed by atoms with van der Waals surface area (Å²) < 4.78 is 0. The molecule has 2 amide bonds. The SMILES string of the molecule is CC(C(=O)N1CCCC(N2CCNCC2=O)C1)c1ccc2ccccc2c1.Cl. The first-order chi connectivity index (χ1) is 13.1. The van der Waals surface area contributed by atoms with Gasteiger partial charge in [-0.25, -0.2) is 0 Å². The van der Waals surface area contributed by atoms with Gasteiger partial charge in [-0.15, -0.1) is 12.4 Å². The zero-order valence-electron chi connectivity index (χ0n) is 16.3. The van der Waals surface area contributed by atoms with E-state index in [9.17, 15) is 9.59 Å². The Balaban J connectivity index is 0.00000225. The number of nitrogens with one attached hydrogen (secondary N) is 1. The summed E-state index contributed by atoms with van der Waals surface area (Å²) in [6.07, 6.45) is 1.94. The van der Waals surface area contributed by atoms with Crippen LogP contribution in [0.3, 0.4) is 0 Å². The fourth-order valence-corrected chi connectivity index (χ4v) is 4.31. The second-order valence-corrected chi connectivity index (χ2v) is 7.67. The summed E-state index contributed by atoms with van der Waals surface area (Å²) in [4.78, 5) is 29.3. The van der Waals surface area contributed by atoms with Gasteiger partial charge in [-0.05, 0) is 36.1 Å². The molecular weight excluding hydrogens is 374 g/mol. The third-order valence-corrected chi connectivity index (χ3v) is 5.92. The molecule has 0 saturated carbocycles. The van der Waals surface area contributed by atoms with Crippen LogP contribution in [0.5, 0.6) is 0 Å². The van der Waals surface area contributed by atoms with Crippen LogP contribution in [-0.4, -0.2) is 60.4 Å². The Bertz CT molecular complexity index is 857. The number of likely N-dealkylation sites (tertiary alicyclic amines) is 1. The van der Waals surface area contributed by atoms with E-state index in [0.29, 0.717) is 13.1 Å². The predicted molar refractivity (Wildman–Crippen MR) is 114 cm³/mol. The van der Waals surface area contributed by atoms with Gasteiger partial charge >= 0.3 is 0 Å². The molecule has 2 aliphatic rings. The summed E-state index contributed by atoms with van der Waals surface area (Å²) >= 11 is 0. The number of amides is 2. The number of benzene rings is 2. The van der Waals surface area contributed by atoms with E-state index in [1.54, 1.807) is 0 Å². The molecule has 0 radical (unpaired) electrons. The van der Waals surface area contributed by atoms with Crippen LogP contribution < -0.4 is 5.32 Å². The number of carbonyl (C=O) groups excluding carboxylic acids is 2. The predicted octanol–water partition coefficient (Wildman–Crippen LogP) is 2.79. The molecule has 2 aromatic rings. The van der Waals surface area contributed by atoms with E-state index in [0.717, 1.165) is 43.4 Å². The van der Waals surface area contributed by atoms with Crippen LogP contribution in [0.2, 0.25) is 0 Å². The molecule has 0 aliphatic carbocycles. The van der Waals surface area contributed by atoms with E-state index in [4.69, 9.17) is 0 Å². The van der Waals surface area contributed by atoms with E-state index in [1.807, 2.05) is 28.9 Å². The number of piperazine rings is 1. The highest BCUT2D eigenvalue weighted by Gasteiger charge is 2.33. The lowest BCUT2D eigenvalue weighted by Gasteiger charge is -2.41. The van der Waals surface area contributed by atoms with E-state index in [-0.39, 0.29) is 36.2 Å². The first-order valence-electron chi connectivity index (χ1n) is 9.91. The molecule has 2 fully saturated rings. The first kappa shape index (κ1) is 20.6. The maximum atomic E-state index is 13.2. The molecule has 2 aromatic carbocycles. The molecular formula is C22H28ClN3O2. The van der Waals surface area contributed by atoms with Crippen molar-refractivity contribution in [2.45, 2.75) is 31.7 Å². The number of halogens is 1. The minimum absolute atomic E-state index is 0. The fourth-order valence-electron chi connectivity index (χ4n) is 4.31. The van der Waals surface area contributed by atoms with Crippen LogP contribution >= 0.6 is 12.4 Å². The molecule has 6 heteroatoms. The zero-order valence-corrected chi connectivity index (χ0v) is 17.1. The second kappa shape index (κ2) is 8.93. The van der Waals surface area contributed by atoms with Crippen LogP contribution in [0.1, 0.15) is 31.2 Å². The first-order valence-corrected chi connectivity index (χ1v) is 9.91. The zero-order chi connectivity index (χ0) is 18.8. The van der Waals surface area contributed by atoms with Crippen LogP contribution in [-0.2, 0) is 9.59 Å². The van der Waals surface area contributed by atoms with E-state index < -0.39 is 0 Å². The van der Waals surface area contributed by atoms with Crippen molar-refractivity contribution in [3.63, 3.8) is 0 Å². The highest BCUT2D eigenvalue weighted by Crippen LogP contribution is 2.25. The summed E-state index contributed by atoms with van der Waals surface area (Å²) in [5.74, 6) is 0.146. The van der Waals surface area contributed by atoms with Gasteiger partial charge in [0, 0.05) is 32.2 Å². The van der Waals surface area contributed by atoms with Gasteiger partial charge < -0.3 is 15.1 Å². The van der Waals surface area contributed by atoms with Gasteiger partial charge in [0.25, 0.3) is 0 Å². The molecule has 2 aliphatic heterocycles. The van der Waals surface area contributed by atoms with Crippen molar-refractivity contribution >= 4 is 35.0 Å². The lowest BCUT2D eigenvalue weighted by atomic mass is 9.95. The van der Waals surface area contributed by atoms with Crippen molar-refractivity contribution in [1.29, 1.82) is 0 Å². The Labute approximate surface area is 172 Å². The third kappa shape index (κ3) is 4.15. The minimum Gasteiger partial charge on any atom is -0.340 e. The highest BCUT2D eigenvalue weighted by molar-refractivity contribution is 5.88. The van der Waals surface area contributed by atoms with Crippen molar-refractivity contribution in [3.05, 3.63) is 48.0 Å². The Kier molecular flexibility index (Phi) is 6.57. The lowest BCUT2D eigenvalue weighted by Crippen LogP contribution is -2.57. The number of hydrogen-bond acceptors (Lipinski definition) is 3. The van der Waals surface area contributed by atoms with Crippen LogP contribution in [0.15, 0.2) is 42.5 Å². The molecule has 2 heterocycles. The van der Waals surface area contributed by atoms with Gasteiger partial charge in [0.05, 0.1) is 12.5 Å². The second-order valence-electron chi connectivity index (χ2n) is 7.67. The van der Waals surface area contributed by atoms with Crippen LogP contribution in [0.25, 0.3) is 10.8 Å². The molecule has 28 heavy (non-hydrogen) atoms. The smallest absolute Gasteiger partial charge is 0.236 e. The molecule has 0 bridgehead atoms. The molecule has 5 nitrogen and oxygen atoms in total. The van der Waals surface area contributed by atoms with Gasteiger partial charge in [0.1, 0.15) is 0 Å². The number of piperidine rings is 1. The Morgan fingerprint density at radius 3 is 2.71 bits per heavy atom. The third-order valence-electron chi connectivity index (χ3n) is 5.92. The van der Waals surface area contributed by atoms with E-state index in [1.165, 1.54) is 5.39 Å². The van der Waals surface area contributed by atoms with E-state index in [2.05, 4.69) is 35.6 Å². The summed E-state index contributed by atoms with van der Waals surface area (Å²) in [7, 11) is 0. The van der Waals surface area contributed by atoms with Gasteiger partial charge in [0.2, 0.25) is 11.8 Å².